The molecule has 1 unspecified atom stereocenters. The topological polar surface area (TPSA) is 69.2 Å². The van der Waals surface area contributed by atoms with Gasteiger partial charge < -0.3 is 14.2 Å². The Bertz CT molecular complexity index is 756. The van der Waals surface area contributed by atoms with Crippen LogP contribution in [0, 0.1) is 0 Å². The Hall–Kier alpha value is -2.67. The van der Waals surface area contributed by atoms with Crippen molar-refractivity contribution in [1.82, 2.24) is 5.43 Å². The molecule has 0 bridgehead atoms. The molecule has 0 spiro atoms. The fourth-order valence-electron chi connectivity index (χ4n) is 2.31. The maximum absolute atomic E-state index is 12.2. The van der Waals surface area contributed by atoms with Crippen molar-refractivity contribution in [3.8, 4) is 17.2 Å². The number of rotatable bonds is 9. The molecule has 2 aromatic carbocycles. The van der Waals surface area contributed by atoms with Crippen LogP contribution in [0.2, 0.25) is 0 Å². The number of hydrazone groups is 1. The molecule has 1 amide bonds. The third-order valence-corrected chi connectivity index (χ3v) is 5.00. The van der Waals surface area contributed by atoms with E-state index in [1.54, 1.807) is 45.2 Å². The summed E-state index contributed by atoms with van der Waals surface area (Å²) in [6.07, 6.45) is 1.54. The molecule has 0 fully saturated rings. The molecular weight excluding hydrogens is 364 g/mol. The Labute approximate surface area is 163 Å². The molecule has 2 rings (SSSR count). The van der Waals surface area contributed by atoms with Crippen molar-refractivity contribution in [1.29, 1.82) is 0 Å². The molecule has 7 heteroatoms. The number of carbonyl (C=O) groups excluding carboxylic acids is 1. The Morgan fingerprint density at radius 1 is 1.11 bits per heavy atom. The average Bonchev–Trinajstić information content (AvgIpc) is 2.71. The summed E-state index contributed by atoms with van der Waals surface area (Å²) in [7, 11) is 4.64. The van der Waals surface area contributed by atoms with E-state index in [-0.39, 0.29) is 11.2 Å². The zero-order valence-corrected chi connectivity index (χ0v) is 16.7. The van der Waals surface area contributed by atoms with Gasteiger partial charge in [-0.2, -0.15) is 5.10 Å². The smallest absolute Gasteiger partial charge is 0.252 e. The predicted molar refractivity (Wildman–Crippen MR) is 109 cm³/mol. The molecule has 0 heterocycles. The van der Waals surface area contributed by atoms with Gasteiger partial charge in [-0.15, -0.1) is 11.8 Å². The van der Waals surface area contributed by atoms with Crippen molar-refractivity contribution >= 4 is 23.9 Å². The lowest BCUT2D eigenvalue weighted by Crippen LogP contribution is -2.27. The van der Waals surface area contributed by atoms with Crippen molar-refractivity contribution in [3.05, 3.63) is 53.6 Å². The van der Waals surface area contributed by atoms with Gasteiger partial charge in [-0.25, -0.2) is 5.43 Å². The first-order chi connectivity index (χ1) is 13.1. The zero-order valence-electron chi connectivity index (χ0n) is 15.9. The minimum atomic E-state index is -0.220. The second-order valence-corrected chi connectivity index (χ2v) is 6.96. The molecule has 0 aliphatic carbocycles. The lowest BCUT2D eigenvalue weighted by atomic mass is 10.2. The first kappa shape index (κ1) is 20.6. The highest BCUT2D eigenvalue weighted by atomic mass is 32.2. The maximum atomic E-state index is 12.2. The van der Waals surface area contributed by atoms with Crippen molar-refractivity contribution in [2.24, 2.45) is 5.10 Å². The van der Waals surface area contributed by atoms with Gasteiger partial charge >= 0.3 is 0 Å². The number of amides is 1. The number of thioether (sulfide) groups is 1. The molecule has 6 nitrogen and oxygen atoms in total. The molecule has 0 aliphatic heterocycles. The zero-order chi connectivity index (χ0) is 19.6. The van der Waals surface area contributed by atoms with Gasteiger partial charge in [0, 0.05) is 11.3 Å². The molecule has 0 radical (unpaired) electrons. The van der Waals surface area contributed by atoms with Crippen LogP contribution in [0.3, 0.4) is 0 Å². The van der Waals surface area contributed by atoms with Crippen LogP contribution in [0.4, 0.5) is 0 Å². The molecule has 0 saturated heterocycles. The van der Waals surface area contributed by atoms with E-state index in [1.165, 1.54) is 11.8 Å². The Kier molecular flexibility index (Phi) is 8.00. The van der Waals surface area contributed by atoms with Gasteiger partial charge in [-0.1, -0.05) is 30.3 Å². The van der Waals surface area contributed by atoms with Crippen LogP contribution in [-0.4, -0.2) is 38.7 Å². The summed E-state index contributed by atoms with van der Waals surface area (Å²) in [6, 6.07) is 13.5. The number of methoxy groups -OCH3 is 3. The molecule has 0 aliphatic rings. The van der Waals surface area contributed by atoms with Gasteiger partial charge in [-0.05, 0) is 24.6 Å². The Morgan fingerprint density at radius 3 is 2.30 bits per heavy atom. The number of ether oxygens (including phenoxy) is 3. The van der Waals surface area contributed by atoms with Crippen LogP contribution < -0.4 is 19.6 Å². The first-order valence-corrected chi connectivity index (χ1v) is 9.42. The molecule has 27 heavy (non-hydrogen) atoms. The number of nitrogens with zero attached hydrogens (tertiary/aromatic N) is 1. The van der Waals surface area contributed by atoms with Crippen molar-refractivity contribution < 1.29 is 19.0 Å². The lowest BCUT2D eigenvalue weighted by molar-refractivity contribution is -0.120. The second kappa shape index (κ2) is 10.5. The summed E-state index contributed by atoms with van der Waals surface area (Å²) in [5, 5.41) is 3.81. The highest BCUT2D eigenvalue weighted by Crippen LogP contribution is 2.37. The maximum Gasteiger partial charge on any atom is 0.252 e. The summed E-state index contributed by atoms with van der Waals surface area (Å²) in [5.41, 5.74) is 4.47. The highest BCUT2D eigenvalue weighted by molar-refractivity contribution is 7.99. The minimum Gasteiger partial charge on any atom is -0.493 e. The van der Waals surface area contributed by atoms with E-state index in [2.05, 4.69) is 10.5 Å². The van der Waals surface area contributed by atoms with Gasteiger partial charge in [0.15, 0.2) is 11.5 Å². The van der Waals surface area contributed by atoms with E-state index in [0.29, 0.717) is 17.2 Å². The van der Waals surface area contributed by atoms with Gasteiger partial charge in [0.25, 0.3) is 5.91 Å². The molecule has 144 valence electrons. The van der Waals surface area contributed by atoms with Gasteiger partial charge in [-0.3, -0.25) is 4.79 Å². The minimum absolute atomic E-state index is 0.153. The van der Waals surface area contributed by atoms with E-state index >= 15 is 0 Å². The Balaban J connectivity index is 1.94. The van der Waals surface area contributed by atoms with Crippen LogP contribution in [0.15, 0.2) is 47.6 Å². The van der Waals surface area contributed by atoms with E-state index in [0.717, 1.165) is 11.3 Å². The number of hydrogen-bond donors (Lipinski definition) is 1. The number of benzene rings is 2. The van der Waals surface area contributed by atoms with Crippen LogP contribution in [-0.2, 0) is 10.5 Å². The molecular formula is C20H24N2O4S. The number of carbonyl (C=O) groups is 1. The van der Waals surface area contributed by atoms with Gasteiger partial charge in [0.2, 0.25) is 5.75 Å². The standard InChI is InChI=1S/C20H24N2O4S/c1-14(27-13-15-8-6-5-7-9-15)20(23)22-21-12-16-10-17(24-2)19(26-4)18(11-16)25-3/h5-12,14H,13H2,1-4H3,(H,22,23). The highest BCUT2D eigenvalue weighted by Gasteiger charge is 2.14. The number of nitrogens with one attached hydrogen (secondary N) is 1. The first-order valence-electron chi connectivity index (χ1n) is 8.37. The number of hydrogen-bond acceptors (Lipinski definition) is 6. The van der Waals surface area contributed by atoms with E-state index < -0.39 is 0 Å². The van der Waals surface area contributed by atoms with Gasteiger partial charge in [0.1, 0.15) is 0 Å². The fourth-order valence-corrected chi connectivity index (χ4v) is 3.15. The fraction of sp³-hybridized carbons (Fsp3) is 0.300. The van der Waals surface area contributed by atoms with Crippen LogP contribution in [0.25, 0.3) is 0 Å². The lowest BCUT2D eigenvalue weighted by Gasteiger charge is -2.12. The molecule has 0 aromatic heterocycles. The van der Waals surface area contributed by atoms with Crippen molar-refractivity contribution in [2.75, 3.05) is 21.3 Å². The summed E-state index contributed by atoms with van der Waals surface area (Å²) in [5.74, 6) is 2.17. The third kappa shape index (κ3) is 5.92. The Morgan fingerprint density at radius 2 is 1.74 bits per heavy atom. The predicted octanol–water partition coefficient (Wildman–Crippen LogP) is 3.48. The summed E-state index contributed by atoms with van der Waals surface area (Å²) in [6.45, 7) is 1.86. The summed E-state index contributed by atoms with van der Waals surface area (Å²) >= 11 is 1.56. The molecule has 1 atom stereocenters. The quantitative estimate of drug-likeness (QED) is 0.526. The average molecular weight is 388 g/mol. The van der Waals surface area contributed by atoms with Crippen LogP contribution in [0.5, 0.6) is 17.2 Å². The van der Waals surface area contributed by atoms with E-state index in [4.69, 9.17) is 14.2 Å². The third-order valence-electron chi connectivity index (χ3n) is 3.79. The molecule has 1 N–H and O–H groups in total. The van der Waals surface area contributed by atoms with Crippen molar-refractivity contribution in [3.63, 3.8) is 0 Å². The largest absolute Gasteiger partial charge is 0.493 e. The van der Waals surface area contributed by atoms with E-state index in [1.807, 2.05) is 37.3 Å². The second-order valence-electron chi connectivity index (χ2n) is 5.63. The monoisotopic (exact) mass is 388 g/mol. The summed E-state index contributed by atoms with van der Waals surface area (Å²) in [4.78, 5) is 12.2. The van der Waals surface area contributed by atoms with Crippen LogP contribution >= 0.6 is 11.8 Å². The SMILES string of the molecule is COc1cc(C=NNC(=O)C(C)SCc2ccccc2)cc(OC)c1OC. The van der Waals surface area contributed by atoms with Crippen molar-refractivity contribution in [2.45, 2.75) is 17.9 Å². The molecule has 2 aromatic rings. The normalized spacial score (nSPS) is 11.9. The molecule has 0 saturated carbocycles. The van der Waals surface area contributed by atoms with E-state index in [9.17, 15) is 4.79 Å². The van der Waals surface area contributed by atoms with Crippen LogP contribution in [0.1, 0.15) is 18.1 Å². The van der Waals surface area contributed by atoms with Gasteiger partial charge in [0.05, 0.1) is 32.8 Å². The summed E-state index contributed by atoms with van der Waals surface area (Å²) < 4.78 is 15.9.